The Bertz CT molecular complexity index is 1480. The first-order chi connectivity index (χ1) is 24.4. The van der Waals surface area contributed by atoms with E-state index in [1.54, 1.807) is 25.6 Å². The van der Waals surface area contributed by atoms with Crippen molar-refractivity contribution in [2.24, 2.45) is 5.73 Å². The molecule has 0 fully saturated rings. The Kier molecular flexibility index (Phi) is 19.6. The molecule has 4 aromatic rings. The topological polar surface area (TPSA) is 152 Å². The Hall–Kier alpha value is -4.00. The minimum absolute atomic E-state index is 0.123. The summed E-state index contributed by atoms with van der Waals surface area (Å²) in [6.07, 6.45) is 9.70. The summed E-state index contributed by atoms with van der Waals surface area (Å²) in [4.78, 5) is 12.5. The lowest BCUT2D eigenvalue weighted by molar-refractivity contribution is 0.373. The summed E-state index contributed by atoms with van der Waals surface area (Å²) in [7, 11) is 1.56. The fraction of sp³-hybridized carbons (Fsp3) is 0.447. The summed E-state index contributed by atoms with van der Waals surface area (Å²) >= 11 is 6.02. The van der Waals surface area contributed by atoms with E-state index < -0.39 is 0 Å². The number of anilines is 1. The number of benzene rings is 2. The molecule has 2 aromatic heterocycles. The average Bonchev–Trinajstić information content (AvgIpc) is 3.14. The van der Waals surface area contributed by atoms with Crippen molar-refractivity contribution in [1.82, 2.24) is 30.9 Å². The van der Waals surface area contributed by atoms with Crippen molar-refractivity contribution in [2.75, 3.05) is 51.7 Å². The number of halogens is 1. The van der Waals surface area contributed by atoms with E-state index in [-0.39, 0.29) is 17.1 Å². The van der Waals surface area contributed by atoms with Gasteiger partial charge in [-0.3, -0.25) is 4.98 Å². The zero-order chi connectivity index (χ0) is 35.8. The van der Waals surface area contributed by atoms with Gasteiger partial charge in [-0.1, -0.05) is 32.0 Å². The summed E-state index contributed by atoms with van der Waals surface area (Å²) < 4.78 is 10.9. The average molecular weight is 707 g/mol. The van der Waals surface area contributed by atoms with E-state index in [1.165, 1.54) is 12.8 Å². The van der Waals surface area contributed by atoms with Gasteiger partial charge in [0.05, 0.1) is 19.3 Å². The number of unbranched alkanes of at least 4 members (excludes halogenated alkanes) is 1. The summed E-state index contributed by atoms with van der Waals surface area (Å²) in [5, 5.41) is 23.5. The van der Waals surface area contributed by atoms with Crippen molar-refractivity contribution >= 4 is 17.4 Å². The molecule has 1 atom stereocenters. The SMILES string of the molecule is CCc1cc(NC(CC)c2ccc(Oc3cccnc3)cc2)nc(Cl)n1.COc1cc(CNCCCNCCCCNCCCN)ccc1O. The molecule has 0 saturated heterocycles. The number of methoxy groups -OCH3 is 1. The number of nitrogens with one attached hydrogen (secondary N) is 4. The Morgan fingerprint density at radius 2 is 1.56 bits per heavy atom. The van der Waals surface area contributed by atoms with Crippen LogP contribution in [-0.4, -0.2) is 66.4 Å². The largest absolute Gasteiger partial charge is 0.504 e. The number of nitrogens with two attached hydrogens (primary N) is 1. The van der Waals surface area contributed by atoms with Gasteiger partial charge in [0.2, 0.25) is 5.28 Å². The molecule has 11 nitrogen and oxygen atoms in total. The number of aromatic hydroxyl groups is 1. The normalized spacial score (nSPS) is 11.4. The van der Waals surface area contributed by atoms with Crippen molar-refractivity contribution in [3.63, 3.8) is 0 Å². The van der Waals surface area contributed by atoms with E-state index in [0.717, 1.165) is 99.9 Å². The molecule has 272 valence electrons. The van der Waals surface area contributed by atoms with E-state index in [4.69, 9.17) is 26.8 Å². The first-order valence-electron chi connectivity index (χ1n) is 17.6. The smallest absolute Gasteiger partial charge is 0.224 e. The van der Waals surface area contributed by atoms with Crippen molar-refractivity contribution in [2.45, 2.75) is 65.0 Å². The van der Waals surface area contributed by atoms with E-state index in [2.05, 4.69) is 55.3 Å². The minimum Gasteiger partial charge on any atom is -0.504 e. The zero-order valence-electron chi connectivity index (χ0n) is 29.8. The van der Waals surface area contributed by atoms with Gasteiger partial charge in [-0.15, -0.1) is 0 Å². The molecular formula is C38H55ClN8O3. The summed E-state index contributed by atoms with van der Waals surface area (Å²) in [5.74, 6) is 2.93. The van der Waals surface area contributed by atoms with Crippen LogP contribution in [-0.2, 0) is 13.0 Å². The maximum absolute atomic E-state index is 9.56. The standard InChI is InChI=1S/C20H21ClN4O.C18H34N4O2/c1-3-15-12-19(25-20(21)23-15)24-18(4-2)14-7-9-16(10-8-14)26-17-6-5-11-22-13-17;1-24-18-14-16(6-7-17(18)23)15-22-13-5-12-21-10-3-2-9-20-11-4-8-19/h5-13,18H,3-4H2,1-2H3,(H,23,24,25);6-7,14,20-23H,2-5,8-13,15,19H2,1H3. The number of phenols is 1. The summed E-state index contributed by atoms with van der Waals surface area (Å²) in [5.41, 5.74) is 8.62. The highest BCUT2D eigenvalue weighted by atomic mass is 35.5. The molecule has 4 rings (SSSR count). The third-order valence-electron chi connectivity index (χ3n) is 7.79. The van der Waals surface area contributed by atoms with Gasteiger partial charge >= 0.3 is 0 Å². The van der Waals surface area contributed by atoms with Crippen LogP contribution < -0.4 is 36.5 Å². The van der Waals surface area contributed by atoms with E-state index >= 15 is 0 Å². The Labute approximate surface area is 302 Å². The van der Waals surface area contributed by atoms with E-state index in [1.807, 2.05) is 49.4 Å². The number of pyridine rings is 1. The molecule has 12 heteroatoms. The second kappa shape index (κ2) is 24.2. The molecule has 0 radical (unpaired) electrons. The summed E-state index contributed by atoms with van der Waals surface area (Å²) in [6.45, 7) is 10.9. The number of aromatic nitrogens is 3. The quantitative estimate of drug-likeness (QED) is 0.0386. The van der Waals surface area contributed by atoms with Crippen LogP contribution in [0.5, 0.6) is 23.0 Å². The van der Waals surface area contributed by atoms with Crippen LogP contribution in [0.15, 0.2) is 73.1 Å². The molecule has 1 unspecified atom stereocenters. The lowest BCUT2D eigenvalue weighted by atomic mass is 10.0. The molecule has 0 bridgehead atoms. The molecule has 2 aromatic carbocycles. The van der Waals surface area contributed by atoms with Gasteiger partial charge < -0.3 is 41.6 Å². The van der Waals surface area contributed by atoms with E-state index in [9.17, 15) is 5.11 Å². The van der Waals surface area contributed by atoms with Gasteiger partial charge in [0.1, 0.15) is 17.3 Å². The number of rotatable bonds is 22. The van der Waals surface area contributed by atoms with Crippen LogP contribution in [0.25, 0.3) is 0 Å². The maximum Gasteiger partial charge on any atom is 0.224 e. The minimum atomic E-state index is 0.123. The highest BCUT2D eigenvalue weighted by Gasteiger charge is 2.12. The van der Waals surface area contributed by atoms with Crippen LogP contribution >= 0.6 is 11.6 Å². The van der Waals surface area contributed by atoms with Gasteiger partial charge in [0.25, 0.3) is 0 Å². The van der Waals surface area contributed by atoms with Gasteiger partial charge in [-0.25, -0.2) is 9.97 Å². The van der Waals surface area contributed by atoms with Gasteiger partial charge in [0, 0.05) is 24.5 Å². The van der Waals surface area contributed by atoms with Crippen LogP contribution in [0.4, 0.5) is 5.82 Å². The van der Waals surface area contributed by atoms with Crippen molar-refractivity contribution < 1.29 is 14.6 Å². The molecule has 0 aliphatic heterocycles. The number of ether oxygens (including phenoxy) is 2. The fourth-order valence-corrected chi connectivity index (χ4v) is 5.21. The number of hydrogen-bond acceptors (Lipinski definition) is 11. The fourth-order valence-electron chi connectivity index (χ4n) is 5.01. The van der Waals surface area contributed by atoms with Crippen LogP contribution in [0.1, 0.15) is 68.8 Å². The number of nitrogens with zero attached hydrogens (tertiary/aromatic N) is 3. The van der Waals surface area contributed by atoms with Crippen molar-refractivity contribution in [3.05, 3.63) is 95.2 Å². The van der Waals surface area contributed by atoms with Gasteiger partial charge in [0.15, 0.2) is 11.5 Å². The molecular weight excluding hydrogens is 652 g/mol. The number of phenolic OH excluding ortho intramolecular Hbond substituents is 1. The van der Waals surface area contributed by atoms with Crippen LogP contribution in [0, 0.1) is 0 Å². The van der Waals surface area contributed by atoms with Crippen LogP contribution in [0.3, 0.4) is 0 Å². The third-order valence-corrected chi connectivity index (χ3v) is 7.96. The monoisotopic (exact) mass is 706 g/mol. The second-order valence-corrected chi connectivity index (χ2v) is 12.1. The first-order valence-corrected chi connectivity index (χ1v) is 18.0. The Balaban J connectivity index is 0.000000272. The third kappa shape index (κ3) is 15.7. The summed E-state index contributed by atoms with van der Waals surface area (Å²) in [6, 6.07) is 19.2. The molecule has 0 aliphatic carbocycles. The lowest BCUT2D eigenvalue weighted by Gasteiger charge is -2.19. The lowest BCUT2D eigenvalue weighted by Crippen LogP contribution is -2.24. The Morgan fingerprint density at radius 1 is 0.840 bits per heavy atom. The van der Waals surface area contributed by atoms with Gasteiger partial charge in [-0.05, 0) is 137 Å². The maximum atomic E-state index is 9.56. The predicted octanol–water partition coefficient (Wildman–Crippen LogP) is 6.63. The molecule has 2 heterocycles. The predicted molar refractivity (Wildman–Crippen MR) is 203 cm³/mol. The van der Waals surface area contributed by atoms with Crippen LogP contribution in [0.2, 0.25) is 5.28 Å². The van der Waals surface area contributed by atoms with E-state index in [0.29, 0.717) is 11.5 Å². The number of aryl methyl sites for hydroxylation is 1. The van der Waals surface area contributed by atoms with Crippen molar-refractivity contribution in [3.8, 4) is 23.0 Å². The molecule has 7 N–H and O–H groups in total. The molecule has 0 amide bonds. The highest BCUT2D eigenvalue weighted by Crippen LogP contribution is 2.27. The molecule has 0 saturated carbocycles. The molecule has 0 aliphatic rings. The number of hydrogen-bond donors (Lipinski definition) is 6. The molecule has 50 heavy (non-hydrogen) atoms. The van der Waals surface area contributed by atoms with Crippen molar-refractivity contribution in [1.29, 1.82) is 0 Å². The zero-order valence-corrected chi connectivity index (χ0v) is 30.5. The Morgan fingerprint density at radius 3 is 2.22 bits per heavy atom. The molecule has 0 spiro atoms. The van der Waals surface area contributed by atoms with Gasteiger partial charge in [-0.2, -0.15) is 0 Å². The highest BCUT2D eigenvalue weighted by molar-refractivity contribution is 6.28. The second-order valence-electron chi connectivity index (χ2n) is 11.7. The first kappa shape index (κ1) is 40.4.